The SMILES string of the molecule is CCCNc1cc(NCCNC(N)=O)nc(C2CC2)n1. The lowest BCUT2D eigenvalue weighted by atomic mass is 10.3. The summed E-state index contributed by atoms with van der Waals surface area (Å²) in [7, 11) is 0. The molecule has 0 aliphatic heterocycles. The average molecular weight is 278 g/mol. The van der Waals surface area contributed by atoms with E-state index in [4.69, 9.17) is 5.73 Å². The second-order valence-electron chi connectivity index (χ2n) is 4.92. The molecule has 0 saturated heterocycles. The van der Waals surface area contributed by atoms with Crippen molar-refractivity contribution in [3.63, 3.8) is 0 Å². The third-order valence-corrected chi connectivity index (χ3v) is 2.97. The molecular formula is C13H22N6O. The Labute approximate surface area is 118 Å². The first-order valence-electron chi connectivity index (χ1n) is 7.09. The molecule has 20 heavy (non-hydrogen) atoms. The summed E-state index contributed by atoms with van der Waals surface area (Å²) in [5, 5.41) is 9.00. The molecule has 0 radical (unpaired) electrons. The Morgan fingerprint density at radius 3 is 2.45 bits per heavy atom. The Balaban J connectivity index is 1.95. The number of primary amides is 1. The number of rotatable bonds is 8. The fraction of sp³-hybridized carbons (Fsp3) is 0.615. The van der Waals surface area contributed by atoms with Crippen molar-refractivity contribution in [1.29, 1.82) is 0 Å². The van der Waals surface area contributed by atoms with Crippen LogP contribution in [0.2, 0.25) is 0 Å². The van der Waals surface area contributed by atoms with Gasteiger partial charge in [0.2, 0.25) is 0 Å². The van der Waals surface area contributed by atoms with E-state index < -0.39 is 6.03 Å². The van der Waals surface area contributed by atoms with Crippen LogP contribution in [-0.4, -0.2) is 35.6 Å². The van der Waals surface area contributed by atoms with Crippen LogP contribution < -0.4 is 21.7 Å². The average Bonchev–Trinajstić information content (AvgIpc) is 3.25. The zero-order valence-electron chi connectivity index (χ0n) is 11.8. The molecule has 0 bridgehead atoms. The zero-order chi connectivity index (χ0) is 14.4. The van der Waals surface area contributed by atoms with Gasteiger partial charge in [0.25, 0.3) is 0 Å². The summed E-state index contributed by atoms with van der Waals surface area (Å²) in [6, 6.07) is 1.38. The summed E-state index contributed by atoms with van der Waals surface area (Å²) in [5.41, 5.74) is 5.01. The predicted octanol–water partition coefficient (Wildman–Crippen LogP) is 1.26. The topological polar surface area (TPSA) is 105 Å². The fourth-order valence-corrected chi connectivity index (χ4v) is 1.80. The van der Waals surface area contributed by atoms with Gasteiger partial charge in [-0.2, -0.15) is 0 Å². The van der Waals surface area contributed by atoms with Gasteiger partial charge < -0.3 is 21.7 Å². The molecule has 1 aliphatic carbocycles. The summed E-state index contributed by atoms with van der Waals surface area (Å²) >= 11 is 0. The van der Waals surface area contributed by atoms with Crippen LogP contribution in [-0.2, 0) is 0 Å². The minimum atomic E-state index is -0.515. The smallest absolute Gasteiger partial charge is 0.312 e. The van der Waals surface area contributed by atoms with Crippen molar-refractivity contribution in [2.75, 3.05) is 30.3 Å². The maximum absolute atomic E-state index is 10.6. The predicted molar refractivity (Wildman–Crippen MR) is 78.9 cm³/mol. The number of hydrogen-bond donors (Lipinski definition) is 4. The molecular weight excluding hydrogens is 256 g/mol. The molecule has 110 valence electrons. The number of carbonyl (C=O) groups is 1. The van der Waals surface area contributed by atoms with Crippen molar-refractivity contribution in [2.24, 2.45) is 5.73 Å². The first kappa shape index (κ1) is 14.4. The Bertz CT molecular complexity index is 460. The van der Waals surface area contributed by atoms with Crippen molar-refractivity contribution in [3.8, 4) is 0 Å². The highest BCUT2D eigenvalue weighted by atomic mass is 16.2. The third kappa shape index (κ3) is 4.56. The van der Waals surface area contributed by atoms with E-state index in [0.717, 1.165) is 30.4 Å². The molecule has 7 nitrogen and oxygen atoms in total. The summed E-state index contributed by atoms with van der Waals surface area (Å²) in [6.45, 7) is 4.06. The second-order valence-corrected chi connectivity index (χ2v) is 4.92. The van der Waals surface area contributed by atoms with Crippen LogP contribution >= 0.6 is 0 Å². The first-order valence-corrected chi connectivity index (χ1v) is 7.09. The molecule has 0 spiro atoms. The number of urea groups is 1. The molecule has 1 saturated carbocycles. The number of carbonyl (C=O) groups excluding carboxylic acids is 1. The Kier molecular flexibility index (Phi) is 4.97. The standard InChI is InChI=1S/C13H22N6O/c1-2-5-15-10-8-11(16-6-7-17-13(14)20)19-12(18-10)9-3-4-9/h8-9H,2-7H2,1H3,(H3,14,17,20)(H2,15,16,18,19). The minimum absolute atomic E-state index is 0.468. The summed E-state index contributed by atoms with van der Waals surface area (Å²) in [4.78, 5) is 19.6. The summed E-state index contributed by atoms with van der Waals surface area (Å²) in [5.74, 6) is 3.04. The molecule has 1 aromatic rings. The van der Waals surface area contributed by atoms with Crippen LogP contribution in [0, 0.1) is 0 Å². The summed E-state index contributed by atoms with van der Waals surface area (Å²) in [6.07, 6.45) is 3.38. The molecule has 5 N–H and O–H groups in total. The molecule has 1 aliphatic rings. The Hall–Kier alpha value is -2.05. The highest BCUT2D eigenvalue weighted by Gasteiger charge is 2.27. The number of nitrogens with two attached hydrogens (primary N) is 1. The van der Waals surface area contributed by atoms with Crippen LogP contribution in [0.25, 0.3) is 0 Å². The highest BCUT2D eigenvalue weighted by molar-refractivity contribution is 5.71. The van der Waals surface area contributed by atoms with Gasteiger partial charge in [0.15, 0.2) is 0 Å². The van der Waals surface area contributed by atoms with Gasteiger partial charge in [-0.1, -0.05) is 6.92 Å². The van der Waals surface area contributed by atoms with Gasteiger partial charge in [-0.25, -0.2) is 14.8 Å². The van der Waals surface area contributed by atoms with Crippen molar-refractivity contribution in [2.45, 2.75) is 32.1 Å². The Morgan fingerprint density at radius 1 is 1.25 bits per heavy atom. The molecule has 1 fully saturated rings. The van der Waals surface area contributed by atoms with Crippen molar-refractivity contribution >= 4 is 17.7 Å². The highest BCUT2D eigenvalue weighted by Crippen LogP contribution is 2.38. The van der Waals surface area contributed by atoms with E-state index in [1.807, 2.05) is 6.07 Å². The van der Waals surface area contributed by atoms with Gasteiger partial charge in [-0.3, -0.25) is 0 Å². The molecule has 1 aromatic heterocycles. The third-order valence-electron chi connectivity index (χ3n) is 2.97. The largest absolute Gasteiger partial charge is 0.370 e. The van der Waals surface area contributed by atoms with Gasteiger partial charge in [-0.05, 0) is 19.3 Å². The molecule has 2 amide bonds. The molecule has 1 heterocycles. The monoisotopic (exact) mass is 278 g/mol. The number of hydrogen-bond acceptors (Lipinski definition) is 5. The number of aromatic nitrogens is 2. The lowest BCUT2D eigenvalue weighted by Gasteiger charge is -2.11. The van der Waals surface area contributed by atoms with Gasteiger partial charge >= 0.3 is 6.03 Å². The zero-order valence-corrected chi connectivity index (χ0v) is 11.8. The van der Waals surface area contributed by atoms with Gasteiger partial charge in [0, 0.05) is 31.6 Å². The van der Waals surface area contributed by atoms with Crippen molar-refractivity contribution in [1.82, 2.24) is 15.3 Å². The van der Waals surface area contributed by atoms with E-state index in [1.165, 1.54) is 12.8 Å². The number of anilines is 2. The van der Waals surface area contributed by atoms with Crippen LogP contribution in [0.4, 0.5) is 16.4 Å². The van der Waals surface area contributed by atoms with Crippen LogP contribution in [0.3, 0.4) is 0 Å². The van der Waals surface area contributed by atoms with Crippen molar-refractivity contribution < 1.29 is 4.79 Å². The first-order chi connectivity index (χ1) is 9.69. The van der Waals surface area contributed by atoms with Crippen LogP contribution in [0.15, 0.2) is 6.07 Å². The molecule has 0 aromatic carbocycles. The van der Waals surface area contributed by atoms with E-state index in [-0.39, 0.29) is 0 Å². The number of nitrogens with zero attached hydrogens (tertiary/aromatic N) is 2. The lowest BCUT2D eigenvalue weighted by molar-refractivity contribution is 0.249. The van der Waals surface area contributed by atoms with Gasteiger partial charge in [0.05, 0.1) is 0 Å². The van der Waals surface area contributed by atoms with Crippen LogP contribution in [0.5, 0.6) is 0 Å². The van der Waals surface area contributed by atoms with E-state index in [1.54, 1.807) is 0 Å². The van der Waals surface area contributed by atoms with E-state index in [0.29, 0.717) is 19.0 Å². The normalized spacial score (nSPS) is 13.8. The number of amides is 2. The van der Waals surface area contributed by atoms with Crippen LogP contribution in [0.1, 0.15) is 37.9 Å². The molecule has 7 heteroatoms. The maximum atomic E-state index is 10.6. The fourth-order valence-electron chi connectivity index (χ4n) is 1.80. The molecule has 0 atom stereocenters. The number of nitrogens with one attached hydrogen (secondary N) is 3. The van der Waals surface area contributed by atoms with Crippen molar-refractivity contribution in [3.05, 3.63) is 11.9 Å². The van der Waals surface area contributed by atoms with Gasteiger partial charge in [-0.15, -0.1) is 0 Å². The summed E-state index contributed by atoms with van der Waals surface area (Å²) < 4.78 is 0. The molecule has 0 unspecified atom stereocenters. The van der Waals surface area contributed by atoms with Gasteiger partial charge in [0.1, 0.15) is 17.5 Å². The lowest BCUT2D eigenvalue weighted by Crippen LogP contribution is -2.33. The minimum Gasteiger partial charge on any atom is -0.370 e. The molecule has 2 rings (SSSR count). The van der Waals surface area contributed by atoms with E-state index in [9.17, 15) is 4.79 Å². The quantitative estimate of drug-likeness (QED) is 0.536. The second kappa shape index (κ2) is 6.93. The maximum Gasteiger partial charge on any atom is 0.312 e. The Morgan fingerprint density at radius 2 is 1.90 bits per heavy atom. The van der Waals surface area contributed by atoms with E-state index in [2.05, 4.69) is 32.8 Å². The van der Waals surface area contributed by atoms with E-state index >= 15 is 0 Å².